The second kappa shape index (κ2) is 7.14. The molecule has 0 saturated heterocycles. The Bertz CT molecular complexity index is 284. The van der Waals surface area contributed by atoms with E-state index >= 15 is 0 Å². The van der Waals surface area contributed by atoms with E-state index in [1.54, 1.807) is 0 Å². The molecule has 0 aliphatic rings. The predicted molar refractivity (Wildman–Crippen MR) is 66.5 cm³/mol. The van der Waals surface area contributed by atoms with Crippen LogP contribution in [0.3, 0.4) is 0 Å². The Morgan fingerprint density at radius 3 is 2.43 bits per heavy atom. The minimum atomic E-state index is 1.17. The summed E-state index contributed by atoms with van der Waals surface area (Å²) in [5.41, 5.74) is 3.99. The van der Waals surface area contributed by atoms with Gasteiger partial charge in [-0.2, -0.15) is 0 Å². The number of hydrogen-bond donors (Lipinski definition) is 0. The molecule has 0 spiro atoms. The fourth-order valence-electron chi connectivity index (χ4n) is 1.35. The molecule has 1 aromatic rings. The molecule has 0 N–H and O–H groups in total. The summed E-state index contributed by atoms with van der Waals surface area (Å²) >= 11 is 0. The Morgan fingerprint density at radius 1 is 1.29 bits per heavy atom. The molecule has 0 nitrogen and oxygen atoms in total. The van der Waals surface area contributed by atoms with Gasteiger partial charge in [-0.25, -0.2) is 0 Å². The molecule has 0 saturated carbocycles. The standard InChI is InChI=1S/C12H16.C2H4/c1-4-6-11-8-7-10(3)12(5-2)9-11;1-2/h5,7-9H,2,4,6H2,1,3H3;1-2H2. The number of aryl methyl sites for hydroxylation is 2. The van der Waals surface area contributed by atoms with E-state index < -0.39 is 0 Å². The summed E-state index contributed by atoms with van der Waals surface area (Å²) in [4.78, 5) is 0. The van der Waals surface area contributed by atoms with Crippen molar-refractivity contribution in [3.05, 3.63) is 54.6 Å². The van der Waals surface area contributed by atoms with Crippen LogP contribution < -0.4 is 0 Å². The minimum absolute atomic E-state index is 1.17. The summed E-state index contributed by atoms with van der Waals surface area (Å²) in [6.07, 6.45) is 4.30. The molecular weight excluding hydrogens is 168 g/mol. The first-order chi connectivity index (χ1) is 6.77. The van der Waals surface area contributed by atoms with Crippen molar-refractivity contribution in [3.63, 3.8) is 0 Å². The van der Waals surface area contributed by atoms with Crippen molar-refractivity contribution < 1.29 is 0 Å². The molecule has 14 heavy (non-hydrogen) atoms. The second-order valence-corrected chi connectivity index (χ2v) is 3.15. The van der Waals surface area contributed by atoms with Crippen LogP contribution in [0.15, 0.2) is 37.9 Å². The molecule has 0 fully saturated rings. The molecule has 0 unspecified atom stereocenters. The topological polar surface area (TPSA) is 0 Å². The van der Waals surface area contributed by atoms with Gasteiger partial charge in [-0.1, -0.05) is 44.2 Å². The maximum Gasteiger partial charge on any atom is -0.0230 e. The first-order valence-corrected chi connectivity index (χ1v) is 5.00. The first kappa shape index (κ1) is 12.7. The Balaban J connectivity index is 0.000000791. The molecule has 0 bridgehead atoms. The highest BCUT2D eigenvalue weighted by atomic mass is 14.0. The van der Waals surface area contributed by atoms with E-state index in [-0.39, 0.29) is 0 Å². The van der Waals surface area contributed by atoms with Crippen LogP contribution in [0.2, 0.25) is 0 Å². The van der Waals surface area contributed by atoms with Crippen LogP contribution in [0.25, 0.3) is 6.08 Å². The quantitative estimate of drug-likeness (QED) is 0.617. The number of rotatable bonds is 3. The number of benzene rings is 1. The Labute approximate surface area is 88.0 Å². The van der Waals surface area contributed by atoms with Crippen molar-refractivity contribution in [2.24, 2.45) is 0 Å². The van der Waals surface area contributed by atoms with E-state index in [4.69, 9.17) is 0 Å². The van der Waals surface area contributed by atoms with Gasteiger partial charge >= 0.3 is 0 Å². The van der Waals surface area contributed by atoms with Crippen molar-refractivity contribution >= 4 is 6.08 Å². The lowest BCUT2D eigenvalue weighted by molar-refractivity contribution is 0.921. The van der Waals surface area contributed by atoms with Gasteiger partial charge in [0.25, 0.3) is 0 Å². The normalized spacial score (nSPS) is 8.71. The van der Waals surface area contributed by atoms with Crippen molar-refractivity contribution in [1.29, 1.82) is 0 Å². The van der Waals surface area contributed by atoms with Crippen LogP contribution in [0.4, 0.5) is 0 Å². The summed E-state index contributed by atoms with van der Waals surface area (Å²) < 4.78 is 0. The van der Waals surface area contributed by atoms with Crippen LogP contribution in [0.1, 0.15) is 30.0 Å². The van der Waals surface area contributed by atoms with Crippen LogP contribution in [0, 0.1) is 6.92 Å². The van der Waals surface area contributed by atoms with Gasteiger partial charge in [0.2, 0.25) is 0 Å². The van der Waals surface area contributed by atoms with Gasteiger partial charge in [0.15, 0.2) is 0 Å². The van der Waals surface area contributed by atoms with Gasteiger partial charge in [-0.3, -0.25) is 0 Å². The zero-order valence-corrected chi connectivity index (χ0v) is 9.34. The fourth-order valence-corrected chi connectivity index (χ4v) is 1.35. The van der Waals surface area contributed by atoms with Crippen molar-refractivity contribution in [3.8, 4) is 0 Å². The Kier molecular flexibility index (Phi) is 6.47. The third kappa shape index (κ3) is 3.61. The predicted octanol–water partition coefficient (Wildman–Crippen LogP) is 4.39. The van der Waals surface area contributed by atoms with Crippen molar-refractivity contribution in [1.82, 2.24) is 0 Å². The zero-order valence-electron chi connectivity index (χ0n) is 9.34. The molecular formula is C14H20. The molecule has 0 heteroatoms. The summed E-state index contributed by atoms with van der Waals surface area (Å²) in [5, 5.41) is 0. The maximum atomic E-state index is 3.79. The number of hydrogen-bond acceptors (Lipinski definition) is 0. The molecule has 0 aliphatic carbocycles. The zero-order chi connectivity index (χ0) is 11.0. The van der Waals surface area contributed by atoms with E-state index in [0.717, 1.165) is 0 Å². The van der Waals surface area contributed by atoms with Crippen LogP contribution in [0.5, 0.6) is 0 Å². The highest BCUT2D eigenvalue weighted by Gasteiger charge is 1.95. The molecule has 0 amide bonds. The van der Waals surface area contributed by atoms with Gasteiger partial charge in [0.05, 0.1) is 0 Å². The lowest BCUT2D eigenvalue weighted by atomic mass is 10.0. The largest absolute Gasteiger partial charge is 0.106 e. The Morgan fingerprint density at radius 2 is 1.93 bits per heavy atom. The van der Waals surface area contributed by atoms with Crippen LogP contribution in [-0.4, -0.2) is 0 Å². The van der Waals surface area contributed by atoms with E-state index in [1.165, 1.54) is 29.5 Å². The molecule has 0 atom stereocenters. The summed E-state index contributed by atoms with van der Waals surface area (Å²) in [6.45, 7) is 14.1. The SMILES string of the molecule is C=C.C=Cc1cc(CCC)ccc1C. The molecule has 1 aromatic carbocycles. The first-order valence-electron chi connectivity index (χ1n) is 5.00. The van der Waals surface area contributed by atoms with Crippen molar-refractivity contribution in [2.75, 3.05) is 0 Å². The molecule has 76 valence electrons. The molecule has 0 heterocycles. The summed E-state index contributed by atoms with van der Waals surface area (Å²) in [5.74, 6) is 0. The van der Waals surface area contributed by atoms with Gasteiger partial charge in [0.1, 0.15) is 0 Å². The van der Waals surface area contributed by atoms with Crippen LogP contribution in [-0.2, 0) is 6.42 Å². The average Bonchev–Trinajstić information content (AvgIpc) is 2.24. The highest BCUT2D eigenvalue weighted by molar-refractivity contribution is 5.52. The minimum Gasteiger partial charge on any atom is -0.106 e. The summed E-state index contributed by atoms with van der Waals surface area (Å²) in [6, 6.07) is 6.60. The van der Waals surface area contributed by atoms with Gasteiger partial charge in [-0.15, -0.1) is 13.2 Å². The average molecular weight is 188 g/mol. The van der Waals surface area contributed by atoms with E-state index in [1.807, 2.05) is 6.08 Å². The van der Waals surface area contributed by atoms with Crippen LogP contribution >= 0.6 is 0 Å². The van der Waals surface area contributed by atoms with E-state index in [0.29, 0.717) is 0 Å². The van der Waals surface area contributed by atoms with E-state index in [9.17, 15) is 0 Å². The molecule has 0 aliphatic heterocycles. The lowest BCUT2D eigenvalue weighted by Gasteiger charge is -2.03. The van der Waals surface area contributed by atoms with Crippen molar-refractivity contribution in [2.45, 2.75) is 26.7 Å². The lowest BCUT2D eigenvalue weighted by Crippen LogP contribution is -1.86. The summed E-state index contributed by atoms with van der Waals surface area (Å²) in [7, 11) is 0. The van der Waals surface area contributed by atoms with Gasteiger partial charge in [0, 0.05) is 0 Å². The monoisotopic (exact) mass is 188 g/mol. The Hall–Kier alpha value is -1.30. The van der Waals surface area contributed by atoms with Gasteiger partial charge in [-0.05, 0) is 30.0 Å². The molecule has 1 rings (SSSR count). The molecule has 0 aromatic heterocycles. The maximum absolute atomic E-state index is 3.79. The third-order valence-electron chi connectivity index (χ3n) is 2.10. The van der Waals surface area contributed by atoms with E-state index in [2.05, 4.69) is 51.8 Å². The second-order valence-electron chi connectivity index (χ2n) is 3.15. The fraction of sp³-hybridized carbons (Fsp3) is 0.286. The third-order valence-corrected chi connectivity index (χ3v) is 2.10. The molecule has 0 radical (unpaired) electrons. The van der Waals surface area contributed by atoms with Gasteiger partial charge < -0.3 is 0 Å². The highest BCUT2D eigenvalue weighted by Crippen LogP contribution is 2.13. The smallest absolute Gasteiger partial charge is 0.0230 e.